The van der Waals surface area contributed by atoms with Crippen LogP contribution < -0.4 is 4.90 Å². The van der Waals surface area contributed by atoms with Gasteiger partial charge < -0.3 is 5.11 Å². The van der Waals surface area contributed by atoms with Gasteiger partial charge in [-0.25, -0.2) is 4.79 Å². The summed E-state index contributed by atoms with van der Waals surface area (Å²) in [6.07, 6.45) is 0.704. The topological polar surface area (TPSA) is 57.6 Å². The molecule has 0 saturated heterocycles. The van der Waals surface area contributed by atoms with Gasteiger partial charge in [-0.3, -0.25) is 9.69 Å². The molecule has 3 rings (SSSR count). The first-order valence-corrected chi connectivity index (χ1v) is 5.91. The zero-order valence-electron chi connectivity index (χ0n) is 10.0. The maximum atomic E-state index is 11.9. The monoisotopic (exact) mass is 253 g/mol. The third kappa shape index (κ3) is 1.78. The van der Waals surface area contributed by atoms with Crippen LogP contribution in [0.1, 0.15) is 11.1 Å². The molecule has 0 radical (unpaired) electrons. The van der Waals surface area contributed by atoms with E-state index in [1.54, 1.807) is 24.3 Å². The van der Waals surface area contributed by atoms with E-state index < -0.39 is 11.9 Å². The van der Waals surface area contributed by atoms with E-state index in [1.807, 2.05) is 24.3 Å². The number of hydrogen-bond acceptors (Lipinski definition) is 2. The van der Waals surface area contributed by atoms with Crippen LogP contribution in [0.3, 0.4) is 0 Å². The molecule has 0 bridgehead atoms. The van der Waals surface area contributed by atoms with Crippen LogP contribution in [-0.4, -0.2) is 17.0 Å². The molecule has 0 saturated carbocycles. The van der Waals surface area contributed by atoms with Gasteiger partial charge >= 0.3 is 11.9 Å². The van der Waals surface area contributed by atoms with E-state index in [2.05, 4.69) is 0 Å². The van der Waals surface area contributed by atoms with Crippen molar-refractivity contribution in [1.82, 2.24) is 0 Å². The summed E-state index contributed by atoms with van der Waals surface area (Å²) in [6.45, 7) is 0. The van der Waals surface area contributed by atoms with Crippen molar-refractivity contribution in [3.63, 3.8) is 0 Å². The van der Waals surface area contributed by atoms with Gasteiger partial charge in [0.25, 0.3) is 0 Å². The molecule has 1 N–H and O–H groups in total. The van der Waals surface area contributed by atoms with Crippen LogP contribution in [-0.2, 0) is 16.0 Å². The SMILES string of the molecule is O=C(O)C(=O)N1c2ccccc2Cc2ccccc21. The lowest BCUT2D eigenvalue weighted by molar-refractivity contribution is -0.148. The first-order valence-electron chi connectivity index (χ1n) is 5.91. The molecule has 4 nitrogen and oxygen atoms in total. The summed E-state index contributed by atoms with van der Waals surface area (Å²) in [7, 11) is 0. The van der Waals surface area contributed by atoms with Gasteiger partial charge in [-0.1, -0.05) is 36.4 Å². The average molecular weight is 253 g/mol. The molecular weight excluding hydrogens is 242 g/mol. The number of aliphatic carboxylic acids is 1. The third-order valence-electron chi connectivity index (χ3n) is 3.23. The fourth-order valence-electron chi connectivity index (χ4n) is 2.41. The number of carbonyl (C=O) groups excluding carboxylic acids is 1. The number of fused-ring (bicyclic) bond motifs is 2. The number of benzene rings is 2. The molecule has 1 heterocycles. The minimum absolute atomic E-state index is 0.647. The lowest BCUT2D eigenvalue weighted by Gasteiger charge is -2.30. The van der Waals surface area contributed by atoms with E-state index >= 15 is 0 Å². The van der Waals surface area contributed by atoms with Gasteiger partial charge in [0.2, 0.25) is 0 Å². The number of anilines is 2. The summed E-state index contributed by atoms with van der Waals surface area (Å²) in [5.74, 6) is -2.38. The van der Waals surface area contributed by atoms with E-state index in [4.69, 9.17) is 5.11 Å². The quantitative estimate of drug-likeness (QED) is 0.733. The van der Waals surface area contributed by atoms with Crippen LogP contribution in [0.5, 0.6) is 0 Å². The molecule has 0 aliphatic carbocycles. The van der Waals surface area contributed by atoms with E-state index in [1.165, 1.54) is 4.90 Å². The summed E-state index contributed by atoms with van der Waals surface area (Å²) in [4.78, 5) is 24.3. The number of hydrogen-bond donors (Lipinski definition) is 1. The summed E-state index contributed by atoms with van der Waals surface area (Å²) in [6, 6.07) is 14.7. The lowest BCUT2D eigenvalue weighted by atomic mass is 9.95. The Balaban J connectivity index is 2.22. The van der Waals surface area contributed by atoms with E-state index in [0.29, 0.717) is 17.8 Å². The highest BCUT2D eigenvalue weighted by Crippen LogP contribution is 2.38. The predicted molar refractivity (Wildman–Crippen MR) is 70.5 cm³/mol. The Bertz CT molecular complexity index is 633. The van der Waals surface area contributed by atoms with Gasteiger partial charge in [0.15, 0.2) is 0 Å². The zero-order chi connectivity index (χ0) is 13.4. The Hall–Kier alpha value is -2.62. The maximum absolute atomic E-state index is 11.9. The highest BCUT2D eigenvalue weighted by molar-refractivity contribution is 6.39. The minimum Gasteiger partial charge on any atom is -0.474 e. The molecule has 0 aromatic heterocycles. The molecule has 2 aromatic carbocycles. The Morgan fingerprint density at radius 2 is 1.37 bits per heavy atom. The van der Waals surface area contributed by atoms with Crippen LogP contribution >= 0.6 is 0 Å². The standard InChI is InChI=1S/C15H11NO3/c17-14(15(18)19)16-12-7-3-1-5-10(12)9-11-6-2-4-8-13(11)16/h1-8H,9H2,(H,18,19). The van der Waals surface area contributed by atoms with Crippen molar-refractivity contribution in [3.8, 4) is 0 Å². The molecule has 2 aromatic rings. The second-order valence-electron chi connectivity index (χ2n) is 4.38. The second-order valence-corrected chi connectivity index (χ2v) is 4.38. The highest BCUT2D eigenvalue weighted by Gasteiger charge is 2.30. The van der Waals surface area contributed by atoms with Gasteiger partial charge in [0.05, 0.1) is 11.4 Å². The summed E-state index contributed by atoms with van der Waals surface area (Å²) >= 11 is 0. The number of carbonyl (C=O) groups is 2. The molecular formula is C15H11NO3. The summed E-state index contributed by atoms with van der Waals surface area (Å²) in [5, 5.41) is 8.99. The molecule has 19 heavy (non-hydrogen) atoms. The third-order valence-corrected chi connectivity index (χ3v) is 3.23. The molecule has 1 amide bonds. The number of carboxylic acids is 1. The van der Waals surface area contributed by atoms with Gasteiger partial charge in [0, 0.05) is 6.42 Å². The molecule has 94 valence electrons. The Morgan fingerprint density at radius 1 is 0.895 bits per heavy atom. The Labute approximate surface area is 109 Å². The smallest absolute Gasteiger partial charge is 0.395 e. The largest absolute Gasteiger partial charge is 0.474 e. The van der Waals surface area contributed by atoms with E-state index in [-0.39, 0.29) is 0 Å². The van der Waals surface area contributed by atoms with Gasteiger partial charge in [-0.2, -0.15) is 0 Å². The maximum Gasteiger partial charge on any atom is 0.395 e. The first kappa shape index (κ1) is 11.5. The van der Waals surface area contributed by atoms with Crippen molar-refractivity contribution < 1.29 is 14.7 Å². The fraction of sp³-hybridized carbons (Fsp3) is 0.0667. The number of amides is 1. The molecule has 0 unspecified atom stereocenters. The van der Waals surface area contributed by atoms with Crippen LogP contribution in [0.4, 0.5) is 11.4 Å². The Kier molecular flexibility index (Phi) is 2.56. The minimum atomic E-state index is -1.45. The fourth-order valence-corrected chi connectivity index (χ4v) is 2.41. The lowest BCUT2D eigenvalue weighted by Crippen LogP contribution is -2.35. The number of carboxylic acid groups (broad SMARTS) is 1. The summed E-state index contributed by atoms with van der Waals surface area (Å²) in [5.41, 5.74) is 3.20. The first-order chi connectivity index (χ1) is 9.18. The normalized spacial score (nSPS) is 12.5. The molecule has 0 fully saturated rings. The van der Waals surface area contributed by atoms with Crippen molar-refractivity contribution in [2.45, 2.75) is 6.42 Å². The van der Waals surface area contributed by atoms with Crippen LogP contribution in [0.25, 0.3) is 0 Å². The van der Waals surface area contributed by atoms with Crippen LogP contribution in [0.15, 0.2) is 48.5 Å². The second kappa shape index (κ2) is 4.24. The number of para-hydroxylation sites is 2. The molecule has 0 atom stereocenters. The van der Waals surface area contributed by atoms with Crippen molar-refractivity contribution in [1.29, 1.82) is 0 Å². The van der Waals surface area contributed by atoms with Crippen molar-refractivity contribution in [2.24, 2.45) is 0 Å². The van der Waals surface area contributed by atoms with Crippen molar-refractivity contribution in [2.75, 3.05) is 4.90 Å². The predicted octanol–water partition coefficient (Wildman–Crippen LogP) is 2.34. The number of rotatable bonds is 0. The molecule has 1 aliphatic rings. The highest BCUT2D eigenvalue weighted by atomic mass is 16.4. The van der Waals surface area contributed by atoms with Gasteiger partial charge in [0.1, 0.15) is 0 Å². The number of nitrogens with zero attached hydrogens (tertiary/aromatic N) is 1. The van der Waals surface area contributed by atoms with Gasteiger partial charge in [-0.05, 0) is 23.3 Å². The van der Waals surface area contributed by atoms with Crippen molar-refractivity contribution in [3.05, 3.63) is 59.7 Å². The zero-order valence-corrected chi connectivity index (χ0v) is 10.0. The molecule has 4 heteroatoms. The van der Waals surface area contributed by atoms with E-state index in [9.17, 15) is 9.59 Å². The van der Waals surface area contributed by atoms with Crippen molar-refractivity contribution >= 4 is 23.3 Å². The van der Waals surface area contributed by atoms with Crippen LogP contribution in [0.2, 0.25) is 0 Å². The van der Waals surface area contributed by atoms with Gasteiger partial charge in [-0.15, -0.1) is 0 Å². The average Bonchev–Trinajstić information content (AvgIpc) is 2.43. The van der Waals surface area contributed by atoms with Crippen LogP contribution in [0, 0.1) is 0 Å². The Morgan fingerprint density at radius 3 is 1.84 bits per heavy atom. The molecule has 0 spiro atoms. The molecule has 1 aliphatic heterocycles. The summed E-state index contributed by atoms with van der Waals surface area (Å²) < 4.78 is 0. The van der Waals surface area contributed by atoms with E-state index in [0.717, 1.165) is 11.1 Å².